The normalized spacial score (nSPS) is 20.6. The summed E-state index contributed by atoms with van der Waals surface area (Å²) < 4.78 is 1.84. The van der Waals surface area contributed by atoms with E-state index in [1.807, 2.05) is 30.4 Å². The van der Waals surface area contributed by atoms with Gasteiger partial charge in [0.2, 0.25) is 0 Å². The Bertz CT molecular complexity index is 416. The molecule has 0 radical (unpaired) electrons. The van der Waals surface area contributed by atoms with Crippen molar-refractivity contribution in [3.05, 3.63) is 11.3 Å². The first kappa shape index (κ1) is 12.5. The molecular weight excluding hydrogens is 234 g/mol. The molecule has 0 bridgehead atoms. The van der Waals surface area contributed by atoms with Gasteiger partial charge in [-0.15, -0.1) is 0 Å². The summed E-state index contributed by atoms with van der Waals surface area (Å²) in [5.74, 6) is 2.11. The van der Waals surface area contributed by atoms with E-state index >= 15 is 0 Å². The second-order valence-corrected chi connectivity index (χ2v) is 5.82. The zero-order chi connectivity index (χ0) is 12.4. The second-order valence-electron chi connectivity index (χ2n) is 4.41. The fourth-order valence-corrected chi connectivity index (χ4v) is 3.51. The van der Waals surface area contributed by atoms with E-state index < -0.39 is 0 Å². The number of aryl methyl sites for hydroxylation is 2. The molecule has 1 aliphatic heterocycles. The number of carbonyl (C=O) groups is 1. The van der Waals surface area contributed by atoms with Gasteiger partial charge in [0.25, 0.3) is 0 Å². The standard InChI is InChI=1S/C12H19N3OS/c1-4-10-7-15(5-6-17-10)12-11(8-16)9(2)13-14(12)3/h8,10H,4-7H2,1-3H3. The maximum atomic E-state index is 11.2. The van der Waals surface area contributed by atoms with Crippen molar-refractivity contribution in [3.63, 3.8) is 0 Å². The minimum atomic E-state index is 0.665. The number of aldehydes is 1. The molecule has 1 saturated heterocycles. The van der Waals surface area contributed by atoms with Gasteiger partial charge < -0.3 is 4.90 Å². The summed E-state index contributed by atoms with van der Waals surface area (Å²) in [5, 5.41) is 5.01. The summed E-state index contributed by atoms with van der Waals surface area (Å²) in [6.07, 6.45) is 2.11. The van der Waals surface area contributed by atoms with Gasteiger partial charge in [-0.05, 0) is 13.3 Å². The monoisotopic (exact) mass is 253 g/mol. The van der Waals surface area contributed by atoms with Crippen LogP contribution < -0.4 is 4.90 Å². The van der Waals surface area contributed by atoms with Crippen LogP contribution in [0.4, 0.5) is 5.82 Å². The topological polar surface area (TPSA) is 38.1 Å². The Kier molecular flexibility index (Phi) is 3.76. The van der Waals surface area contributed by atoms with Crippen molar-refractivity contribution >= 4 is 23.9 Å². The number of thioether (sulfide) groups is 1. The van der Waals surface area contributed by atoms with Crippen molar-refractivity contribution in [2.24, 2.45) is 7.05 Å². The van der Waals surface area contributed by atoms with Crippen LogP contribution in [0.1, 0.15) is 29.4 Å². The van der Waals surface area contributed by atoms with E-state index in [4.69, 9.17) is 0 Å². The van der Waals surface area contributed by atoms with Gasteiger partial charge in [-0.2, -0.15) is 16.9 Å². The van der Waals surface area contributed by atoms with Crippen molar-refractivity contribution in [2.75, 3.05) is 23.7 Å². The molecule has 0 amide bonds. The number of hydrogen-bond acceptors (Lipinski definition) is 4. The highest BCUT2D eigenvalue weighted by Crippen LogP contribution is 2.28. The van der Waals surface area contributed by atoms with Crippen LogP contribution in [0.2, 0.25) is 0 Å². The summed E-state index contributed by atoms with van der Waals surface area (Å²) in [6.45, 7) is 6.13. The SMILES string of the molecule is CCC1CN(c2c(C=O)c(C)nn2C)CCS1. The Morgan fingerprint density at radius 3 is 3.00 bits per heavy atom. The van der Waals surface area contributed by atoms with E-state index in [0.717, 1.165) is 42.2 Å². The van der Waals surface area contributed by atoms with Gasteiger partial charge in [0.1, 0.15) is 5.82 Å². The molecule has 1 unspecified atom stereocenters. The lowest BCUT2D eigenvalue weighted by Gasteiger charge is -2.33. The number of carbonyl (C=O) groups excluding carboxylic acids is 1. The summed E-state index contributed by atoms with van der Waals surface area (Å²) in [5.41, 5.74) is 1.57. The highest BCUT2D eigenvalue weighted by molar-refractivity contribution is 8.00. The van der Waals surface area contributed by atoms with Crippen LogP contribution in [-0.2, 0) is 7.05 Å². The minimum Gasteiger partial charge on any atom is -0.354 e. The first-order chi connectivity index (χ1) is 8.17. The van der Waals surface area contributed by atoms with E-state index in [1.54, 1.807) is 0 Å². The van der Waals surface area contributed by atoms with Gasteiger partial charge in [0.15, 0.2) is 6.29 Å². The molecule has 1 aliphatic rings. The molecule has 2 rings (SSSR count). The highest BCUT2D eigenvalue weighted by Gasteiger charge is 2.24. The van der Waals surface area contributed by atoms with Crippen molar-refractivity contribution in [1.82, 2.24) is 9.78 Å². The van der Waals surface area contributed by atoms with Crippen molar-refractivity contribution < 1.29 is 4.79 Å². The second kappa shape index (κ2) is 5.12. The molecule has 0 spiro atoms. The van der Waals surface area contributed by atoms with Crippen molar-refractivity contribution in [2.45, 2.75) is 25.5 Å². The Balaban J connectivity index is 2.29. The number of anilines is 1. The maximum Gasteiger partial charge on any atom is 0.155 e. The van der Waals surface area contributed by atoms with Crippen LogP contribution in [0.25, 0.3) is 0 Å². The van der Waals surface area contributed by atoms with Gasteiger partial charge in [-0.3, -0.25) is 9.48 Å². The molecule has 1 aromatic heterocycles. The van der Waals surface area contributed by atoms with E-state index in [2.05, 4.69) is 16.9 Å². The predicted octanol–water partition coefficient (Wildman–Crippen LogP) is 1.87. The lowest BCUT2D eigenvalue weighted by Crippen LogP contribution is -2.39. The molecule has 0 saturated carbocycles. The average Bonchev–Trinajstić information content (AvgIpc) is 2.63. The Labute approximate surface area is 106 Å². The van der Waals surface area contributed by atoms with Crippen molar-refractivity contribution in [1.29, 1.82) is 0 Å². The van der Waals surface area contributed by atoms with Gasteiger partial charge in [-0.1, -0.05) is 6.92 Å². The summed E-state index contributed by atoms with van der Waals surface area (Å²) in [4.78, 5) is 13.5. The van der Waals surface area contributed by atoms with Crippen LogP contribution in [0, 0.1) is 6.92 Å². The van der Waals surface area contributed by atoms with Gasteiger partial charge in [0, 0.05) is 31.1 Å². The summed E-state index contributed by atoms with van der Waals surface area (Å²) >= 11 is 2.03. The Hall–Kier alpha value is -0.970. The summed E-state index contributed by atoms with van der Waals surface area (Å²) in [7, 11) is 1.91. The molecule has 1 aromatic rings. The van der Waals surface area contributed by atoms with E-state index in [-0.39, 0.29) is 0 Å². The van der Waals surface area contributed by atoms with Crippen LogP contribution in [-0.4, -0.2) is 40.2 Å². The third-order valence-electron chi connectivity index (χ3n) is 3.25. The zero-order valence-electron chi connectivity index (χ0n) is 10.6. The predicted molar refractivity (Wildman–Crippen MR) is 72.1 cm³/mol. The van der Waals surface area contributed by atoms with Gasteiger partial charge in [0.05, 0.1) is 11.3 Å². The van der Waals surface area contributed by atoms with Gasteiger partial charge in [-0.25, -0.2) is 0 Å². The summed E-state index contributed by atoms with van der Waals surface area (Å²) in [6, 6.07) is 0. The maximum absolute atomic E-state index is 11.2. The smallest absolute Gasteiger partial charge is 0.155 e. The van der Waals surface area contributed by atoms with Gasteiger partial charge >= 0.3 is 0 Å². The number of aromatic nitrogens is 2. The molecule has 0 aliphatic carbocycles. The zero-order valence-corrected chi connectivity index (χ0v) is 11.5. The third kappa shape index (κ3) is 2.34. The molecule has 2 heterocycles. The van der Waals surface area contributed by atoms with Crippen LogP contribution in [0.15, 0.2) is 0 Å². The highest BCUT2D eigenvalue weighted by atomic mass is 32.2. The molecule has 17 heavy (non-hydrogen) atoms. The molecule has 1 fully saturated rings. The van der Waals surface area contributed by atoms with Crippen LogP contribution in [0.5, 0.6) is 0 Å². The molecular formula is C12H19N3OS. The third-order valence-corrected chi connectivity index (χ3v) is 4.62. The fraction of sp³-hybridized carbons (Fsp3) is 0.667. The first-order valence-electron chi connectivity index (χ1n) is 6.02. The van der Waals surface area contributed by atoms with E-state index in [1.165, 1.54) is 6.42 Å². The Morgan fingerprint density at radius 2 is 2.35 bits per heavy atom. The number of nitrogens with zero attached hydrogens (tertiary/aromatic N) is 3. The molecule has 4 nitrogen and oxygen atoms in total. The minimum absolute atomic E-state index is 0.665. The molecule has 5 heteroatoms. The number of rotatable bonds is 3. The lowest BCUT2D eigenvalue weighted by atomic mass is 10.2. The van der Waals surface area contributed by atoms with Crippen molar-refractivity contribution in [3.8, 4) is 0 Å². The average molecular weight is 253 g/mol. The Morgan fingerprint density at radius 1 is 1.59 bits per heavy atom. The largest absolute Gasteiger partial charge is 0.354 e. The fourth-order valence-electron chi connectivity index (χ4n) is 2.33. The first-order valence-corrected chi connectivity index (χ1v) is 7.07. The van der Waals surface area contributed by atoms with Crippen LogP contribution >= 0.6 is 11.8 Å². The quantitative estimate of drug-likeness (QED) is 0.771. The molecule has 0 aromatic carbocycles. The molecule has 1 atom stereocenters. The van der Waals surface area contributed by atoms with E-state index in [9.17, 15) is 4.79 Å². The van der Waals surface area contributed by atoms with Crippen LogP contribution in [0.3, 0.4) is 0 Å². The number of hydrogen-bond donors (Lipinski definition) is 0. The lowest BCUT2D eigenvalue weighted by molar-refractivity contribution is 0.112. The van der Waals surface area contributed by atoms with E-state index in [0.29, 0.717) is 5.25 Å². The molecule has 94 valence electrons. The molecule has 0 N–H and O–H groups in total.